The molecule has 3 aromatic rings. The van der Waals surface area contributed by atoms with Crippen LogP contribution < -0.4 is 5.32 Å². The van der Waals surface area contributed by atoms with Crippen molar-refractivity contribution in [1.82, 2.24) is 29.7 Å². The highest BCUT2D eigenvalue weighted by Crippen LogP contribution is 2.21. The summed E-state index contributed by atoms with van der Waals surface area (Å²) in [5.41, 5.74) is 2.63. The zero-order chi connectivity index (χ0) is 13.2. The van der Waals surface area contributed by atoms with E-state index in [1.807, 2.05) is 17.6 Å². The molecule has 98 valence electrons. The minimum atomic E-state index is 0.0763. The molecule has 0 amide bonds. The number of hydrogen-bond acceptors (Lipinski definition) is 5. The standard InChI is InChI=1S/C12H15N7/c1-3-19-7-15-10-11(13-6-14-12(10)19)17-8(2)9-4-5-16-18-9/h4-8H,3H2,1-2H3,(H,16,18)(H,13,14,17)/t8-/m0/s1. The number of rotatable bonds is 4. The number of imidazole rings is 1. The third-order valence-corrected chi connectivity index (χ3v) is 3.08. The Balaban J connectivity index is 1.95. The summed E-state index contributed by atoms with van der Waals surface area (Å²) < 4.78 is 1.99. The molecule has 0 aromatic carbocycles. The SMILES string of the molecule is CCn1cnc2c(N[C@@H](C)c3ccn[nH]3)ncnc21. The highest BCUT2D eigenvalue weighted by Gasteiger charge is 2.13. The van der Waals surface area contributed by atoms with E-state index in [1.165, 1.54) is 0 Å². The predicted octanol–water partition coefficient (Wildman–Crippen LogP) is 1.74. The van der Waals surface area contributed by atoms with Crippen LogP contribution in [0.15, 0.2) is 24.9 Å². The summed E-state index contributed by atoms with van der Waals surface area (Å²) in [6.07, 6.45) is 5.07. The molecule has 7 heteroatoms. The maximum absolute atomic E-state index is 4.37. The van der Waals surface area contributed by atoms with Crippen LogP contribution in [0, 0.1) is 0 Å². The quantitative estimate of drug-likeness (QED) is 0.743. The minimum absolute atomic E-state index is 0.0763. The lowest BCUT2D eigenvalue weighted by Gasteiger charge is -2.12. The number of fused-ring (bicyclic) bond motifs is 1. The maximum Gasteiger partial charge on any atom is 0.165 e. The summed E-state index contributed by atoms with van der Waals surface area (Å²) in [7, 11) is 0. The van der Waals surface area contributed by atoms with E-state index < -0.39 is 0 Å². The molecule has 1 atom stereocenters. The Labute approximate surface area is 110 Å². The van der Waals surface area contributed by atoms with Gasteiger partial charge in [0.2, 0.25) is 0 Å². The Kier molecular flexibility index (Phi) is 2.86. The molecule has 3 rings (SSSR count). The third kappa shape index (κ3) is 2.03. The van der Waals surface area contributed by atoms with E-state index in [4.69, 9.17) is 0 Å². The van der Waals surface area contributed by atoms with Crippen molar-refractivity contribution < 1.29 is 0 Å². The molecule has 0 saturated carbocycles. The Morgan fingerprint density at radius 1 is 1.37 bits per heavy atom. The average Bonchev–Trinajstić information content (AvgIpc) is 3.08. The van der Waals surface area contributed by atoms with E-state index in [0.29, 0.717) is 0 Å². The van der Waals surface area contributed by atoms with Gasteiger partial charge in [-0.25, -0.2) is 15.0 Å². The maximum atomic E-state index is 4.37. The van der Waals surface area contributed by atoms with Crippen molar-refractivity contribution in [1.29, 1.82) is 0 Å². The van der Waals surface area contributed by atoms with Crippen molar-refractivity contribution in [3.63, 3.8) is 0 Å². The number of aryl methyl sites for hydroxylation is 1. The molecule has 0 fully saturated rings. The van der Waals surface area contributed by atoms with Gasteiger partial charge in [-0.05, 0) is 19.9 Å². The molecule has 19 heavy (non-hydrogen) atoms. The van der Waals surface area contributed by atoms with E-state index in [0.717, 1.165) is 29.2 Å². The van der Waals surface area contributed by atoms with E-state index in [2.05, 4.69) is 37.4 Å². The molecular weight excluding hydrogens is 242 g/mol. The second kappa shape index (κ2) is 4.68. The van der Waals surface area contributed by atoms with Gasteiger partial charge in [0, 0.05) is 12.7 Å². The van der Waals surface area contributed by atoms with Crippen molar-refractivity contribution in [3.05, 3.63) is 30.6 Å². The van der Waals surface area contributed by atoms with Crippen molar-refractivity contribution in [2.75, 3.05) is 5.32 Å². The smallest absolute Gasteiger partial charge is 0.165 e. The zero-order valence-corrected chi connectivity index (χ0v) is 10.8. The van der Waals surface area contributed by atoms with E-state index in [-0.39, 0.29) is 6.04 Å². The Morgan fingerprint density at radius 2 is 2.26 bits per heavy atom. The molecule has 3 heterocycles. The number of aromatic nitrogens is 6. The third-order valence-electron chi connectivity index (χ3n) is 3.08. The summed E-state index contributed by atoms with van der Waals surface area (Å²) in [6.45, 7) is 4.94. The Hall–Kier alpha value is -2.44. The molecule has 2 N–H and O–H groups in total. The number of aromatic amines is 1. The summed E-state index contributed by atoms with van der Waals surface area (Å²) in [5.74, 6) is 0.735. The van der Waals surface area contributed by atoms with E-state index >= 15 is 0 Å². The molecule has 0 aliphatic carbocycles. The van der Waals surface area contributed by atoms with Crippen LogP contribution in [0.3, 0.4) is 0 Å². The van der Waals surface area contributed by atoms with Crippen molar-refractivity contribution in [2.45, 2.75) is 26.4 Å². The summed E-state index contributed by atoms with van der Waals surface area (Å²) >= 11 is 0. The van der Waals surface area contributed by atoms with Crippen molar-refractivity contribution in [3.8, 4) is 0 Å². The lowest BCUT2D eigenvalue weighted by molar-refractivity contribution is 0.777. The van der Waals surface area contributed by atoms with Crippen LogP contribution in [0.4, 0.5) is 5.82 Å². The Bertz CT molecular complexity index is 671. The molecule has 0 aliphatic heterocycles. The van der Waals surface area contributed by atoms with Gasteiger partial charge in [-0.1, -0.05) is 0 Å². The summed E-state index contributed by atoms with van der Waals surface area (Å²) in [4.78, 5) is 12.9. The fourth-order valence-electron chi connectivity index (χ4n) is 2.01. The number of nitrogens with one attached hydrogen (secondary N) is 2. The number of nitrogens with zero attached hydrogens (tertiary/aromatic N) is 5. The molecule has 0 saturated heterocycles. The number of anilines is 1. The van der Waals surface area contributed by atoms with Crippen LogP contribution in [-0.2, 0) is 6.54 Å². The van der Waals surface area contributed by atoms with Gasteiger partial charge in [-0.3, -0.25) is 5.10 Å². The first-order chi connectivity index (χ1) is 9.29. The van der Waals surface area contributed by atoms with Crippen LogP contribution in [0.5, 0.6) is 0 Å². The van der Waals surface area contributed by atoms with Gasteiger partial charge in [0.25, 0.3) is 0 Å². The first-order valence-electron chi connectivity index (χ1n) is 6.21. The van der Waals surface area contributed by atoms with Crippen LogP contribution >= 0.6 is 0 Å². The largest absolute Gasteiger partial charge is 0.360 e. The molecular formula is C12H15N7. The molecule has 0 spiro atoms. The average molecular weight is 257 g/mol. The molecule has 0 radical (unpaired) electrons. The van der Waals surface area contributed by atoms with Gasteiger partial charge in [-0.15, -0.1) is 0 Å². The second-order valence-corrected chi connectivity index (χ2v) is 4.30. The molecule has 3 aromatic heterocycles. The fraction of sp³-hybridized carbons (Fsp3) is 0.333. The van der Waals surface area contributed by atoms with E-state index in [1.54, 1.807) is 18.9 Å². The van der Waals surface area contributed by atoms with Gasteiger partial charge in [0.1, 0.15) is 11.8 Å². The molecule has 0 aliphatic rings. The highest BCUT2D eigenvalue weighted by atomic mass is 15.2. The Morgan fingerprint density at radius 3 is 3.00 bits per heavy atom. The molecule has 0 bridgehead atoms. The normalized spacial score (nSPS) is 12.7. The monoisotopic (exact) mass is 257 g/mol. The van der Waals surface area contributed by atoms with Gasteiger partial charge in [0.05, 0.1) is 18.1 Å². The van der Waals surface area contributed by atoms with Crippen LogP contribution in [-0.4, -0.2) is 29.7 Å². The summed E-state index contributed by atoms with van der Waals surface area (Å²) in [6, 6.07) is 2.01. The van der Waals surface area contributed by atoms with Crippen LogP contribution in [0.25, 0.3) is 11.2 Å². The number of H-pyrrole nitrogens is 1. The predicted molar refractivity (Wildman–Crippen MR) is 71.6 cm³/mol. The van der Waals surface area contributed by atoms with Crippen molar-refractivity contribution >= 4 is 17.0 Å². The number of hydrogen-bond donors (Lipinski definition) is 2. The second-order valence-electron chi connectivity index (χ2n) is 4.30. The highest BCUT2D eigenvalue weighted by molar-refractivity contribution is 5.82. The van der Waals surface area contributed by atoms with Gasteiger partial charge in [0.15, 0.2) is 11.5 Å². The van der Waals surface area contributed by atoms with Gasteiger partial charge in [-0.2, -0.15) is 5.10 Å². The minimum Gasteiger partial charge on any atom is -0.360 e. The van der Waals surface area contributed by atoms with Crippen LogP contribution in [0.1, 0.15) is 25.6 Å². The summed E-state index contributed by atoms with van der Waals surface area (Å²) in [5, 5.41) is 10.2. The first kappa shape index (κ1) is 11.6. The van der Waals surface area contributed by atoms with Gasteiger partial charge >= 0.3 is 0 Å². The van der Waals surface area contributed by atoms with Gasteiger partial charge < -0.3 is 9.88 Å². The lowest BCUT2D eigenvalue weighted by Crippen LogP contribution is -2.09. The molecule has 7 nitrogen and oxygen atoms in total. The zero-order valence-electron chi connectivity index (χ0n) is 10.8. The van der Waals surface area contributed by atoms with Crippen molar-refractivity contribution in [2.24, 2.45) is 0 Å². The topological polar surface area (TPSA) is 84.3 Å². The van der Waals surface area contributed by atoms with E-state index in [9.17, 15) is 0 Å². The molecule has 0 unspecified atom stereocenters. The first-order valence-corrected chi connectivity index (χ1v) is 6.21. The fourth-order valence-corrected chi connectivity index (χ4v) is 2.01. The van der Waals surface area contributed by atoms with Crippen LogP contribution in [0.2, 0.25) is 0 Å². The lowest BCUT2D eigenvalue weighted by atomic mass is 10.2.